The summed E-state index contributed by atoms with van der Waals surface area (Å²) >= 11 is 0. The topological polar surface area (TPSA) is 75.9 Å². The molecule has 4 rings (SSSR count). The van der Waals surface area contributed by atoms with Crippen LogP contribution in [-0.2, 0) is 15.1 Å². The number of nitrogens with zero attached hydrogens (tertiary/aromatic N) is 3. The Kier molecular flexibility index (Phi) is 4.40. The standard InChI is InChI=1S/C22H30N4O3/c1-13-18(26-10-8-7-9-16(26)23-13)22(5,6)24-19(27)17-14-11-25(12-15(14)17)20(28)29-21(2,3)4/h7-10,14-15,17H,11-12H2,1-6H3,(H,24,27)/t14-,15+,17+. The van der Waals surface area contributed by atoms with E-state index in [1.165, 1.54) is 0 Å². The maximum Gasteiger partial charge on any atom is 0.410 e. The fourth-order valence-corrected chi connectivity index (χ4v) is 4.71. The molecule has 0 bridgehead atoms. The molecule has 0 aromatic carbocycles. The smallest absolute Gasteiger partial charge is 0.410 e. The zero-order valence-corrected chi connectivity index (χ0v) is 18.0. The Hall–Kier alpha value is -2.57. The van der Waals surface area contributed by atoms with Crippen LogP contribution in [0.2, 0.25) is 0 Å². The van der Waals surface area contributed by atoms with E-state index in [9.17, 15) is 9.59 Å². The van der Waals surface area contributed by atoms with E-state index in [-0.39, 0.29) is 29.8 Å². The van der Waals surface area contributed by atoms with Gasteiger partial charge in [-0.1, -0.05) is 6.07 Å². The number of piperidine rings is 1. The third kappa shape index (κ3) is 3.58. The first-order chi connectivity index (χ1) is 13.5. The van der Waals surface area contributed by atoms with Crippen molar-refractivity contribution in [2.75, 3.05) is 13.1 Å². The Labute approximate surface area is 171 Å². The largest absolute Gasteiger partial charge is 0.444 e. The van der Waals surface area contributed by atoms with E-state index in [4.69, 9.17) is 4.74 Å². The summed E-state index contributed by atoms with van der Waals surface area (Å²) in [6.07, 6.45) is 1.69. The zero-order valence-electron chi connectivity index (χ0n) is 18.0. The molecule has 1 aliphatic carbocycles. The Balaban J connectivity index is 1.41. The number of pyridine rings is 1. The van der Waals surface area contributed by atoms with Gasteiger partial charge in [0.05, 0.1) is 16.9 Å². The number of hydrogen-bond acceptors (Lipinski definition) is 4. The first-order valence-electron chi connectivity index (χ1n) is 10.2. The molecule has 0 radical (unpaired) electrons. The number of aryl methyl sites for hydroxylation is 1. The number of rotatable bonds is 3. The van der Waals surface area contributed by atoms with Crippen molar-refractivity contribution in [2.24, 2.45) is 17.8 Å². The normalized spacial score (nSPS) is 23.8. The molecule has 0 unspecified atom stereocenters. The van der Waals surface area contributed by atoms with Crippen molar-refractivity contribution >= 4 is 17.6 Å². The number of fused-ring (bicyclic) bond motifs is 2. The quantitative estimate of drug-likeness (QED) is 0.862. The van der Waals surface area contributed by atoms with Gasteiger partial charge in [-0.3, -0.25) is 4.79 Å². The molecule has 29 heavy (non-hydrogen) atoms. The van der Waals surface area contributed by atoms with Crippen LogP contribution in [0.3, 0.4) is 0 Å². The highest BCUT2D eigenvalue weighted by Crippen LogP contribution is 2.52. The van der Waals surface area contributed by atoms with Crippen LogP contribution < -0.4 is 5.32 Å². The van der Waals surface area contributed by atoms with E-state index in [1.807, 2.05) is 70.3 Å². The van der Waals surface area contributed by atoms with Crippen molar-refractivity contribution < 1.29 is 14.3 Å². The molecule has 2 aliphatic rings. The highest BCUT2D eigenvalue weighted by molar-refractivity contribution is 5.84. The van der Waals surface area contributed by atoms with Gasteiger partial charge in [0.15, 0.2) is 0 Å². The van der Waals surface area contributed by atoms with Crippen molar-refractivity contribution in [3.63, 3.8) is 0 Å². The van der Waals surface area contributed by atoms with Gasteiger partial charge in [-0.25, -0.2) is 9.78 Å². The summed E-state index contributed by atoms with van der Waals surface area (Å²) in [5, 5.41) is 3.23. The predicted molar refractivity (Wildman–Crippen MR) is 109 cm³/mol. The Bertz CT molecular complexity index is 960. The first kappa shape index (κ1) is 19.7. The number of amides is 2. The van der Waals surface area contributed by atoms with Gasteiger partial charge >= 0.3 is 6.09 Å². The first-order valence-corrected chi connectivity index (χ1v) is 10.2. The maximum atomic E-state index is 13.0. The van der Waals surface area contributed by atoms with Crippen LogP contribution in [0, 0.1) is 24.7 Å². The molecule has 156 valence electrons. The van der Waals surface area contributed by atoms with Crippen molar-refractivity contribution in [3.05, 3.63) is 35.8 Å². The molecule has 3 heterocycles. The van der Waals surface area contributed by atoms with Crippen LogP contribution in [0.5, 0.6) is 0 Å². The highest BCUT2D eigenvalue weighted by Gasteiger charge is 2.61. The average molecular weight is 399 g/mol. The Morgan fingerprint density at radius 1 is 1.14 bits per heavy atom. The Morgan fingerprint density at radius 2 is 1.79 bits per heavy atom. The number of aromatic nitrogens is 2. The number of imidazole rings is 1. The highest BCUT2D eigenvalue weighted by atomic mass is 16.6. The van der Waals surface area contributed by atoms with Crippen molar-refractivity contribution in [1.82, 2.24) is 19.6 Å². The molecule has 0 spiro atoms. The van der Waals surface area contributed by atoms with Crippen LogP contribution >= 0.6 is 0 Å². The predicted octanol–water partition coefficient (Wildman–Crippen LogP) is 3.11. The second-order valence-electron chi connectivity index (χ2n) is 9.83. The second-order valence-corrected chi connectivity index (χ2v) is 9.83. The molecular formula is C22H30N4O3. The molecule has 2 aromatic heterocycles. The molecule has 2 amide bonds. The average Bonchev–Trinajstić information content (AvgIpc) is 2.94. The summed E-state index contributed by atoms with van der Waals surface area (Å²) in [6, 6.07) is 5.88. The third-order valence-corrected chi connectivity index (χ3v) is 5.88. The van der Waals surface area contributed by atoms with Crippen LogP contribution in [0.1, 0.15) is 46.0 Å². The van der Waals surface area contributed by atoms with Gasteiger partial charge in [0, 0.05) is 25.2 Å². The van der Waals surface area contributed by atoms with Gasteiger partial charge in [0.2, 0.25) is 5.91 Å². The van der Waals surface area contributed by atoms with Crippen LogP contribution in [0.15, 0.2) is 24.4 Å². The third-order valence-electron chi connectivity index (χ3n) is 5.88. The molecule has 2 fully saturated rings. The van der Waals surface area contributed by atoms with Crippen LogP contribution in [-0.4, -0.2) is 45.0 Å². The van der Waals surface area contributed by atoms with E-state index in [0.717, 1.165) is 17.0 Å². The summed E-state index contributed by atoms with van der Waals surface area (Å²) in [4.78, 5) is 31.6. The SMILES string of the molecule is Cc1nc2ccccn2c1C(C)(C)NC(=O)[C@H]1[C@@H]2CN(C(=O)OC(C)(C)C)C[C@@H]21. The van der Waals surface area contributed by atoms with Gasteiger partial charge in [-0.15, -0.1) is 0 Å². The van der Waals surface area contributed by atoms with Gasteiger partial charge in [-0.2, -0.15) is 0 Å². The number of likely N-dealkylation sites (tertiary alicyclic amines) is 1. The number of hydrogen-bond donors (Lipinski definition) is 1. The summed E-state index contributed by atoms with van der Waals surface area (Å²) in [7, 11) is 0. The zero-order chi connectivity index (χ0) is 21.1. The van der Waals surface area contributed by atoms with Crippen molar-refractivity contribution in [2.45, 2.75) is 52.7 Å². The van der Waals surface area contributed by atoms with Gasteiger partial charge in [-0.05, 0) is 65.5 Å². The van der Waals surface area contributed by atoms with Crippen molar-refractivity contribution in [1.29, 1.82) is 0 Å². The lowest BCUT2D eigenvalue weighted by Gasteiger charge is -2.28. The van der Waals surface area contributed by atoms with Crippen molar-refractivity contribution in [3.8, 4) is 0 Å². The summed E-state index contributed by atoms with van der Waals surface area (Å²) < 4.78 is 7.48. The van der Waals surface area contributed by atoms with Gasteiger partial charge in [0.1, 0.15) is 11.2 Å². The second kappa shape index (κ2) is 6.47. The number of ether oxygens (including phenoxy) is 1. The van der Waals surface area contributed by atoms with Gasteiger partial charge in [0.25, 0.3) is 0 Å². The molecule has 7 heteroatoms. The lowest BCUT2D eigenvalue weighted by atomic mass is 9.98. The number of nitrogens with one attached hydrogen (secondary N) is 1. The van der Waals surface area contributed by atoms with E-state index in [1.54, 1.807) is 4.90 Å². The summed E-state index contributed by atoms with van der Waals surface area (Å²) in [5.41, 5.74) is 1.72. The number of carbonyl (C=O) groups excluding carboxylic acids is 2. The molecule has 1 saturated heterocycles. The minimum absolute atomic E-state index is 0.0348. The van der Waals surface area contributed by atoms with Crippen LogP contribution in [0.25, 0.3) is 5.65 Å². The van der Waals surface area contributed by atoms with E-state index >= 15 is 0 Å². The van der Waals surface area contributed by atoms with E-state index in [2.05, 4.69) is 10.3 Å². The molecular weight excluding hydrogens is 368 g/mol. The Morgan fingerprint density at radius 3 is 2.41 bits per heavy atom. The fraction of sp³-hybridized carbons (Fsp3) is 0.591. The van der Waals surface area contributed by atoms with Gasteiger partial charge < -0.3 is 19.4 Å². The molecule has 7 nitrogen and oxygen atoms in total. The van der Waals surface area contributed by atoms with Crippen LogP contribution in [0.4, 0.5) is 4.79 Å². The molecule has 1 aliphatic heterocycles. The van der Waals surface area contributed by atoms with E-state index < -0.39 is 11.1 Å². The molecule has 1 saturated carbocycles. The minimum Gasteiger partial charge on any atom is -0.444 e. The monoisotopic (exact) mass is 398 g/mol. The summed E-state index contributed by atoms with van der Waals surface area (Å²) in [5.74, 6) is 0.467. The molecule has 1 N–H and O–H groups in total. The lowest BCUT2D eigenvalue weighted by Crippen LogP contribution is -2.45. The molecule has 3 atom stereocenters. The molecule has 2 aromatic rings. The van der Waals surface area contributed by atoms with E-state index in [0.29, 0.717) is 13.1 Å². The lowest BCUT2D eigenvalue weighted by molar-refractivity contribution is -0.125. The summed E-state index contributed by atoms with van der Waals surface area (Å²) in [6.45, 7) is 12.8. The number of carbonyl (C=O) groups is 2. The maximum absolute atomic E-state index is 13.0. The fourth-order valence-electron chi connectivity index (χ4n) is 4.71. The minimum atomic E-state index is -0.552.